The zero-order valence-corrected chi connectivity index (χ0v) is 11.1. The molecular weight excluding hydrogens is 218 g/mol. The summed E-state index contributed by atoms with van der Waals surface area (Å²) < 4.78 is 5.18. The molecule has 96 valence electrons. The van der Waals surface area contributed by atoms with Gasteiger partial charge in [-0.3, -0.25) is 4.79 Å². The van der Waals surface area contributed by atoms with Gasteiger partial charge in [-0.05, 0) is 20.8 Å². The van der Waals surface area contributed by atoms with Crippen LogP contribution >= 0.6 is 0 Å². The number of nitrogens with zero attached hydrogens (tertiary/aromatic N) is 1. The van der Waals surface area contributed by atoms with Crippen LogP contribution < -0.4 is 11.1 Å². The van der Waals surface area contributed by atoms with Crippen molar-refractivity contribution in [1.29, 1.82) is 0 Å². The predicted octanol–water partition coefficient (Wildman–Crippen LogP) is 1.57. The van der Waals surface area contributed by atoms with Gasteiger partial charge in [-0.15, -0.1) is 0 Å². The smallest absolute Gasteiger partial charge is 0.274 e. The summed E-state index contributed by atoms with van der Waals surface area (Å²) in [6.45, 7) is 9.94. The molecule has 1 amide bonds. The number of nitrogens with two attached hydrogens (primary N) is 1. The van der Waals surface area contributed by atoms with Crippen LogP contribution in [0.25, 0.3) is 0 Å². The number of carbonyl (C=O) groups is 1. The Bertz CT molecular complexity index is 408. The number of carbonyl (C=O) groups excluding carboxylic acids is 1. The number of hydrogen-bond donors (Lipinski definition) is 2. The van der Waals surface area contributed by atoms with Crippen molar-refractivity contribution < 1.29 is 9.32 Å². The maximum Gasteiger partial charge on any atom is 0.274 e. The second kappa shape index (κ2) is 4.87. The van der Waals surface area contributed by atoms with E-state index in [4.69, 9.17) is 10.3 Å². The minimum Gasteiger partial charge on any atom is -0.360 e. The average molecular weight is 239 g/mol. The molecule has 0 aliphatic heterocycles. The Kier molecular flexibility index (Phi) is 3.93. The van der Waals surface area contributed by atoms with Gasteiger partial charge >= 0.3 is 0 Å². The Morgan fingerprint density at radius 3 is 2.53 bits per heavy atom. The zero-order chi connectivity index (χ0) is 13.2. The number of hydrogen-bond acceptors (Lipinski definition) is 4. The van der Waals surface area contributed by atoms with Crippen LogP contribution in [0.3, 0.4) is 0 Å². The third kappa shape index (κ3) is 3.06. The molecule has 0 aromatic carbocycles. The Balaban J connectivity index is 2.91. The first-order chi connectivity index (χ1) is 7.78. The van der Waals surface area contributed by atoms with Crippen molar-refractivity contribution in [3.05, 3.63) is 17.0 Å². The molecule has 0 spiro atoms. The molecule has 0 saturated carbocycles. The number of aromatic nitrogens is 1. The molecule has 0 aliphatic carbocycles. The van der Waals surface area contributed by atoms with Crippen LogP contribution in [0.15, 0.2) is 4.52 Å². The highest BCUT2D eigenvalue weighted by Crippen LogP contribution is 2.21. The molecule has 3 N–H and O–H groups in total. The van der Waals surface area contributed by atoms with Crippen LogP contribution in [0.2, 0.25) is 0 Å². The van der Waals surface area contributed by atoms with Crippen molar-refractivity contribution in [2.75, 3.05) is 6.54 Å². The number of rotatable bonds is 4. The van der Waals surface area contributed by atoms with Gasteiger partial charge in [0.05, 0.1) is 0 Å². The van der Waals surface area contributed by atoms with Gasteiger partial charge < -0.3 is 15.6 Å². The molecule has 0 unspecified atom stereocenters. The summed E-state index contributed by atoms with van der Waals surface area (Å²) in [5, 5.41) is 6.66. The molecule has 0 radical (unpaired) electrons. The number of amides is 1. The van der Waals surface area contributed by atoms with Crippen molar-refractivity contribution in [3.8, 4) is 0 Å². The van der Waals surface area contributed by atoms with Gasteiger partial charge in [-0.1, -0.05) is 19.0 Å². The summed E-state index contributed by atoms with van der Waals surface area (Å²) in [6.07, 6.45) is 0. The first-order valence-corrected chi connectivity index (χ1v) is 5.77. The lowest BCUT2D eigenvalue weighted by molar-refractivity contribution is 0.0906. The minimum absolute atomic E-state index is 0.214. The highest BCUT2D eigenvalue weighted by Gasteiger charge is 2.25. The fourth-order valence-electron chi connectivity index (χ4n) is 1.52. The van der Waals surface area contributed by atoms with E-state index in [0.29, 0.717) is 12.2 Å². The van der Waals surface area contributed by atoms with Crippen molar-refractivity contribution in [2.24, 2.45) is 5.73 Å². The number of nitrogens with one attached hydrogen (secondary N) is 1. The SMILES string of the molecule is Cc1c(C(=O)NC(C)(C)CN)noc1C(C)C. The van der Waals surface area contributed by atoms with E-state index in [1.807, 2.05) is 34.6 Å². The fraction of sp³-hybridized carbons (Fsp3) is 0.667. The Hall–Kier alpha value is -1.36. The van der Waals surface area contributed by atoms with Crippen LogP contribution in [-0.2, 0) is 0 Å². The van der Waals surface area contributed by atoms with Crippen molar-refractivity contribution in [3.63, 3.8) is 0 Å². The van der Waals surface area contributed by atoms with E-state index in [1.165, 1.54) is 0 Å². The van der Waals surface area contributed by atoms with Gasteiger partial charge in [0.15, 0.2) is 5.69 Å². The van der Waals surface area contributed by atoms with Gasteiger partial charge in [-0.2, -0.15) is 0 Å². The lowest BCUT2D eigenvalue weighted by atomic mass is 10.0. The van der Waals surface area contributed by atoms with Crippen molar-refractivity contribution in [1.82, 2.24) is 10.5 Å². The van der Waals surface area contributed by atoms with Crippen molar-refractivity contribution in [2.45, 2.75) is 46.1 Å². The molecule has 0 atom stereocenters. The third-order valence-corrected chi connectivity index (χ3v) is 2.66. The molecule has 1 aromatic heterocycles. The Morgan fingerprint density at radius 2 is 2.12 bits per heavy atom. The summed E-state index contributed by atoms with van der Waals surface area (Å²) in [7, 11) is 0. The molecule has 0 fully saturated rings. The largest absolute Gasteiger partial charge is 0.360 e. The maximum atomic E-state index is 12.0. The van der Waals surface area contributed by atoms with Crippen LogP contribution in [0.1, 0.15) is 55.4 Å². The Morgan fingerprint density at radius 1 is 1.53 bits per heavy atom. The molecular formula is C12H21N3O2. The van der Waals surface area contributed by atoms with E-state index in [2.05, 4.69) is 10.5 Å². The fourth-order valence-corrected chi connectivity index (χ4v) is 1.52. The van der Waals surface area contributed by atoms with E-state index in [1.54, 1.807) is 0 Å². The third-order valence-electron chi connectivity index (χ3n) is 2.66. The van der Waals surface area contributed by atoms with E-state index in [-0.39, 0.29) is 11.8 Å². The van der Waals surface area contributed by atoms with E-state index in [9.17, 15) is 4.79 Å². The normalized spacial score (nSPS) is 11.9. The second-order valence-corrected chi connectivity index (χ2v) is 5.22. The van der Waals surface area contributed by atoms with Crippen molar-refractivity contribution >= 4 is 5.91 Å². The van der Waals surface area contributed by atoms with Gasteiger partial charge in [-0.25, -0.2) is 0 Å². The minimum atomic E-state index is -0.444. The lowest BCUT2D eigenvalue weighted by Crippen LogP contribution is -2.49. The molecule has 1 heterocycles. The first-order valence-electron chi connectivity index (χ1n) is 5.77. The molecule has 17 heavy (non-hydrogen) atoms. The molecule has 5 nitrogen and oxygen atoms in total. The van der Waals surface area contributed by atoms with Crippen LogP contribution in [0.5, 0.6) is 0 Å². The molecule has 0 bridgehead atoms. The highest BCUT2D eigenvalue weighted by atomic mass is 16.5. The summed E-state index contributed by atoms with van der Waals surface area (Å²) in [5.74, 6) is 0.723. The topological polar surface area (TPSA) is 81.2 Å². The zero-order valence-electron chi connectivity index (χ0n) is 11.1. The lowest BCUT2D eigenvalue weighted by Gasteiger charge is -2.23. The molecule has 0 aliphatic rings. The van der Waals surface area contributed by atoms with E-state index < -0.39 is 5.54 Å². The molecule has 0 saturated heterocycles. The summed E-state index contributed by atoms with van der Waals surface area (Å²) in [6, 6.07) is 0. The van der Waals surface area contributed by atoms with Crippen LogP contribution in [0.4, 0.5) is 0 Å². The van der Waals surface area contributed by atoms with Gasteiger partial charge in [0.2, 0.25) is 0 Å². The second-order valence-electron chi connectivity index (χ2n) is 5.22. The summed E-state index contributed by atoms with van der Waals surface area (Å²) >= 11 is 0. The average Bonchev–Trinajstić information content (AvgIpc) is 2.59. The predicted molar refractivity (Wildman–Crippen MR) is 65.9 cm³/mol. The van der Waals surface area contributed by atoms with Gasteiger partial charge in [0.1, 0.15) is 5.76 Å². The quantitative estimate of drug-likeness (QED) is 0.835. The van der Waals surface area contributed by atoms with Gasteiger partial charge in [0.25, 0.3) is 5.91 Å². The van der Waals surface area contributed by atoms with Gasteiger partial charge in [0, 0.05) is 23.6 Å². The standard InChI is InChI=1S/C12H21N3O2/c1-7(2)10-8(3)9(15-17-10)11(16)14-12(4,5)6-13/h7H,6,13H2,1-5H3,(H,14,16). The molecule has 5 heteroatoms. The van der Waals surface area contributed by atoms with E-state index >= 15 is 0 Å². The Labute approximate surface area is 102 Å². The monoisotopic (exact) mass is 239 g/mol. The van der Waals surface area contributed by atoms with Crippen LogP contribution in [0, 0.1) is 6.92 Å². The summed E-state index contributed by atoms with van der Waals surface area (Å²) in [5.41, 5.74) is 6.26. The molecule has 1 rings (SSSR count). The summed E-state index contributed by atoms with van der Waals surface area (Å²) in [4.78, 5) is 12.0. The van der Waals surface area contributed by atoms with Crippen LogP contribution in [-0.4, -0.2) is 23.1 Å². The van der Waals surface area contributed by atoms with E-state index in [0.717, 1.165) is 11.3 Å². The highest BCUT2D eigenvalue weighted by molar-refractivity contribution is 5.94. The molecule has 1 aromatic rings. The maximum absolute atomic E-state index is 12.0. The first kappa shape index (κ1) is 13.7.